The zero-order valence-corrected chi connectivity index (χ0v) is 18.5. The quantitative estimate of drug-likeness (QED) is 0.347. The van der Waals surface area contributed by atoms with Crippen LogP contribution in [0.2, 0.25) is 0 Å². The van der Waals surface area contributed by atoms with Crippen LogP contribution in [0.3, 0.4) is 0 Å². The molecular weight excluding hydrogens is 426 g/mol. The predicted molar refractivity (Wildman–Crippen MR) is 118 cm³/mol. The topological polar surface area (TPSA) is 109 Å². The molecule has 2 aromatic carbocycles. The van der Waals surface area contributed by atoms with Gasteiger partial charge in [0.15, 0.2) is 0 Å². The van der Waals surface area contributed by atoms with Crippen LogP contribution < -0.4 is 0 Å². The summed E-state index contributed by atoms with van der Waals surface area (Å²) in [6, 6.07) is 15.9. The van der Waals surface area contributed by atoms with E-state index in [1.807, 2.05) is 56.3 Å². The molecule has 32 heavy (non-hydrogen) atoms. The number of aryl methyl sites for hydroxylation is 3. The highest BCUT2D eigenvalue weighted by Gasteiger charge is 2.22. The lowest BCUT2D eigenvalue weighted by atomic mass is 10.1. The van der Waals surface area contributed by atoms with Crippen LogP contribution >= 0.6 is 11.8 Å². The lowest BCUT2D eigenvalue weighted by Crippen LogP contribution is -2.02. The molecule has 160 valence electrons. The van der Waals surface area contributed by atoms with Crippen molar-refractivity contribution in [1.29, 1.82) is 0 Å². The molecule has 0 amide bonds. The van der Waals surface area contributed by atoms with E-state index in [1.54, 1.807) is 4.68 Å². The zero-order valence-electron chi connectivity index (χ0n) is 17.7. The maximum atomic E-state index is 5.93. The van der Waals surface area contributed by atoms with Crippen LogP contribution in [0.5, 0.6) is 0 Å². The molecule has 0 radical (unpaired) electrons. The molecule has 0 unspecified atom stereocenters. The van der Waals surface area contributed by atoms with Crippen LogP contribution in [0, 0.1) is 20.8 Å². The third kappa shape index (κ3) is 3.80. The van der Waals surface area contributed by atoms with Crippen molar-refractivity contribution in [2.45, 2.75) is 31.7 Å². The number of benzene rings is 2. The second-order valence-corrected chi connectivity index (χ2v) is 8.22. The summed E-state index contributed by atoms with van der Waals surface area (Å²) >= 11 is 1.42. The SMILES string of the molecule is Cc1ccc(-n2nnnc2SCc2nnc(-c3c(-c4ccccc4)noc3C)o2)c(C)c1. The largest absolute Gasteiger partial charge is 0.420 e. The molecular formula is C22H19N7O2S. The van der Waals surface area contributed by atoms with Gasteiger partial charge in [-0.3, -0.25) is 0 Å². The van der Waals surface area contributed by atoms with Crippen molar-refractivity contribution >= 4 is 11.8 Å². The van der Waals surface area contributed by atoms with Crippen molar-refractivity contribution in [3.05, 3.63) is 71.3 Å². The number of tetrazole rings is 1. The zero-order chi connectivity index (χ0) is 22.1. The van der Waals surface area contributed by atoms with Gasteiger partial charge in [0, 0.05) is 5.56 Å². The molecule has 5 rings (SSSR count). The summed E-state index contributed by atoms with van der Waals surface area (Å²) in [6.07, 6.45) is 0. The number of thioether (sulfide) groups is 1. The highest BCUT2D eigenvalue weighted by Crippen LogP contribution is 2.34. The van der Waals surface area contributed by atoms with Gasteiger partial charge in [-0.25, -0.2) is 0 Å². The summed E-state index contributed by atoms with van der Waals surface area (Å²) in [6.45, 7) is 5.92. The van der Waals surface area contributed by atoms with E-state index in [0.717, 1.165) is 16.8 Å². The first kappa shape index (κ1) is 20.1. The van der Waals surface area contributed by atoms with Gasteiger partial charge in [-0.2, -0.15) is 4.68 Å². The van der Waals surface area contributed by atoms with Gasteiger partial charge in [-0.05, 0) is 42.8 Å². The normalized spacial score (nSPS) is 11.2. The molecule has 5 aromatic rings. The molecule has 0 aliphatic carbocycles. The van der Waals surface area contributed by atoms with Gasteiger partial charge >= 0.3 is 0 Å². The predicted octanol–water partition coefficient (Wildman–Crippen LogP) is 4.58. The van der Waals surface area contributed by atoms with Crippen molar-refractivity contribution in [3.8, 4) is 28.4 Å². The fraction of sp³-hybridized carbons (Fsp3) is 0.182. The van der Waals surface area contributed by atoms with E-state index in [0.29, 0.717) is 39.7 Å². The maximum absolute atomic E-state index is 5.93. The smallest absolute Gasteiger partial charge is 0.253 e. The Bertz CT molecular complexity index is 1370. The Labute approximate surface area is 187 Å². The lowest BCUT2D eigenvalue weighted by Gasteiger charge is -2.07. The summed E-state index contributed by atoms with van der Waals surface area (Å²) in [5, 5.41) is 25.4. The van der Waals surface area contributed by atoms with Gasteiger partial charge in [-0.15, -0.1) is 15.3 Å². The molecule has 3 aromatic heterocycles. The van der Waals surface area contributed by atoms with Crippen LogP contribution in [-0.4, -0.2) is 35.6 Å². The van der Waals surface area contributed by atoms with E-state index in [9.17, 15) is 0 Å². The lowest BCUT2D eigenvalue weighted by molar-refractivity contribution is 0.399. The van der Waals surface area contributed by atoms with Crippen LogP contribution in [0.4, 0.5) is 0 Å². The van der Waals surface area contributed by atoms with E-state index in [1.165, 1.54) is 17.3 Å². The molecule has 3 heterocycles. The summed E-state index contributed by atoms with van der Waals surface area (Å²) in [4.78, 5) is 0. The molecule has 10 heteroatoms. The molecule has 0 aliphatic heterocycles. The van der Waals surface area contributed by atoms with Crippen molar-refractivity contribution in [1.82, 2.24) is 35.6 Å². The minimum absolute atomic E-state index is 0.368. The second-order valence-electron chi connectivity index (χ2n) is 7.28. The Morgan fingerprint density at radius 3 is 2.62 bits per heavy atom. The van der Waals surface area contributed by atoms with Crippen molar-refractivity contribution in [2.24, 2.45) is 0 Å². The summed E-state index contributed by atoms with van der Waals surface area (Å²) in [5.41, 5.74) is 5.49. The van der Waals surface area contributed by atoms with Crippen LogP contribution in [0.15, 0.2) is 62.6 Å². The number of hydrogen-bond donors (Lipinski definition) is 0. The molecule has 0 aliphatic rings. The number of nitrogens with zero attached hydrogens (tertiary/aromatic N) is 7. The monoisotopic (exact) mass is 445 g/mol. The van der Waals surface area contributed by atoms with Crippen molar-refractivity contribution in [3.63, 3.8) is 0 Å². The van der Waals surface area contributed by atoms with Gasteiger partial charge in [-0.1, -0.05) is 64.9 Å². The van der Waals surface area contributed by atoms with Crippen molar-refractivity contribution in [2.75, 3.05) is 0 Å². The molecule has 0 N–H and O–H groups in total. The molecule has 0 bridgehead atoms. The molecule has 0 saturated carbocycles. The van der Waals surface area contributed by atoms with Crippen LogP contribution in [0.1, 0.15) is 22.8 Å². The van der Waals surface area contributed by atoms with Gasteiger partial charge in [0.25, 0.3) is 5.89 Å². The maximum Gasteiger partial charge on any atom is 0.253 e. The fourth-order valence-electron chi connectivity index (χ4n) is 3.42. The first-order valence-electron chi connectivity index (χ1n) is 9.93. The highest BCUT2D eigenvalue weighted by atomic mass is 32.2. The summed E-state index contributed by atoms with van der Waals surface area (Å²) in [5.74, 6) is 1.86. The van der Waals surface area contributed by atoms with E-state index >= 15 is 0 Å². The van der Waals surface area contributed by atoms with Gasteiger partial charge in [0.2, 0.25) is 11.0 Å². The van der Waals surface area contributed by atoms with E-state index < -0.39 is 0 Å². The summed E-state index contributed by atoms with van der Waals surface area (Å²) in [7, 11) is 0. The standard InChI is InChI=1S/C22H19N7O2S/c1-13-9-10-17(14(2)11-13)29-22(25-27-28-29)32-12-18-23-24-21(30-18)19-15(3)31-26-20(19)16-7-5-4-6-8-16/h4-11H,12H2,1-3H3. The Balaban J connectivity index is 1.38. The minimum atomic E-state index is 0.368. The summed E-state index contributed by atoms with van der Waals surface area (Å²) < 4.78 is 13.1. The second kappa shape index (κ2) is 8.39. The highest BCUT2D eigenvalue weighted by molar-refractivity contribution is 7.98. The van der Waals surface area contributed by atoms with Gasteiger partial charge in [0.05, 0.1) is 11.4 Å². The molecule has 0 atom stereocenters. The Hall–Kier alpha value is -3.79. The minimum Gasteiger partial charge on any atom is -0.420 e. The van der Waals surface area contributed by atoms with E-state index in [4.69, 9.17) is 8.94 Å². The average Bonchev–Trinajstić information content (AvgIpc) is 3.52. The Morgan fingerprint density at radius 2 is 1.81 bits per heavy atom. The number of hydrogen-bond acceptors (Lipinski definition) is 9. The van der Waals surface area contributed by atoms with Crippen molar-refractivity contribution < 1.29 is 8.94 Å². The fourth-order valence-corrected chi connectivity index (χ4v) is 4.14. The molecule has 0 fully saturated rings. The van der Waals surface area contributed by atoms with Gasteiger partial charge < -0.3 is 8.94 Å². The Morgan fingerprint density at radius 1 is 0.969 bits per heavy atom. The van der Waals surface area contributed by atoms with Gasteiger partial charge in [0.1, 0.15) is 17.0 Å². The molecule has 0 saturated heterocycles. The van der Waals surface area contributed by atoms with E-state index in [-0.39, 0.29) is 0 Å². The first-order valence-corrected chi connectivity index (χ1v) is 10.9. The average molecular weight is 446 g/mol. The van der Waals surface area contributed by atoms with Crippen LogP contribution in [-0.2, 0) is 5.75 Å². The van der Waals surface area contributed by atoms with E-state index in [2.05, 4.69) is 43.9 Å². The first-order chi connectivity index (χ1) is 15.6. The third-order valence-electron chi connectivity index (χ3n) is 4.94. The number of aromatic nitrogens is 7. The van der Waals surface area contributed by atoms with Crippen LogP contribution in [0.25, 0.3) is 28.4 Å². The Kier molecular flexibility index (Phi) is 5.28. The molecule has 9 nitrogen and oxygen atoms in total. The number of rotatable bonds is 6. The third-order valence-corrected chi connectivity index (χ3v) is 5.84. The molecule has 0 spiro atoms.